The summed E-state index contributed by atoms with van der Waals surface area (Å²) in [7, 11) is 0. The van der Waals surface area contributed by atoms with Gasteiger partial charge in [0.25, 0.3) is 0 Å². The summed E-state index contributed by atoms with van der Waals surface area (Å²) < 4.78 is 17.5. The molecule has 250 valence electrons. The summed E-state index contributed by atoms with van der Waals surface area (Å²) >= 11 is 0. The van der Waals surface area contributed by atoms with E-state index >= 15 is 0 Å². The molecule has 0 radical (unpaired) electrons. The number of ether oxygens (including phenoxy) is 3. The van der Waals surface area contributed by atoms with E-state index in [4.69, 9.17) is 14.2 Å². The zero-order valence-electron chi connectivity index (χ0n) is 27.2. The predicted octanol–water partition coefficient (Wildman–Crippen LogP) is 6.73. The lowest BCUT2D eigenvalue weighted by Gasteiger charge is -2.40. The van der Waals surface area contributed by atoms with Gasteiger partial charge in [-0.05, 0) is 26.2 Å². The largest absolute Gasteiger partial charge is 0.462 e. The molecule has 42 heavy (non-hydrogen) atoms. The van der Waals surface area contributed by atoms with Gasteiger partial charge in [0, 0.05) is 13.0 Å². The van der Waals surface area contributed by atoms with Gasteiger partial charge in [0.2, 0.25) is 0 Å². The van der Waals surface area contributed by atoms with Crippen molar-refractivity contribution >= 4 is 5.97 Å². The first-order valence-corrected chi connectivity index (χ1v) is 17.5. The van der Waals surface area contributed by atoms with Crippen LogP contribution in [0.1, 0.15) is 162 Å². The smallest absolute Gasteiger partial charge is 0.308 e. The Balaban J connectivity index is 2.55. The van der Waals surface area contributed by atoms with Crippen molar-refractivity contribution in [1.82, 2.24) is 0 Å². The number of unbranched alkanes of at least 4 members (excludes halogenated alkanes) is 16. The Hall–Kier alpha value is -0.770. The standard InChI is InChI=1S/C34H66O8/c1-4-6-8-10-12-14-16-18-20-22-28(24-25-35)41-30(36)26-29(23-21-19-17-15-13-11-9-7-5-2)42-34-33(39)32(38)31(37)27(3)40-34/h27-29,31-35,37-39H,4-26H2,1-3H3/t27-,28+,29+,31-,32+,33+,34-/m0/s1. The van der Waals surface area contributed by atoms with Crippen LogP contribution in [0.4, 0.5) is 0 Å². The van der Waals surface area contributed by atoms with Gasteiger partial charge in [-0.25, -0.2) is 0 Å². The van der Waals surface area contributed by atoms with E-state index in [9.17, 15) is 25.2 Å². The van der Waals surface area contributed by atoms with Crippen LogP contribution < -0.4 is 0 Å². The van der Waals surface area contributed by atoms with Gasteiger partial charge < -0.3 is 34.6 Å². The van der Waals surface area contributed by atoms with Crippen molar-refractivity contribution in [3.63, 3.8) is 0 Å². The average Bonchev–Trinajstić information content (AvgIpc) is 2.97. The third kappa shape index (κ3) is 18.1. The van der Waals surface area contributed by atoms with Crippen LogP contribution in [-0.2, 0) is 19.0 Å². The average molecular weight is 603 g/mol. The molecule has 0 spiro atoms. The molecular formula is C34H66O8. The molecular weight excluding hydrogens is 536 g/mol. The quantitative estimate of drug-likeness (QED) is 0.0603. The highest BCUT2D eigenvalue weighted by Gasteiger charge is 2.43. The van der Waals surface area contributed by atoms with Crippen molar-refractivity contribution in [2.75, 3.05) is 6.61 Å². The van der Waals surface area contributed by atoms with Crippen LogP contribution in [0.15, 0.2) is 0 Å². The van der Waals surface area contributed by atoms with Gasteiger partial charge in [-0.15, -0.1) is 0 Å². The fourth-order valence-electron chi connectivity index (χ4n) is 5.73. The van der Waals surface area contributed by atoms with Gasteiger partial charge in [-0.2, -0.15) is 0 Å². The number of hydrogen-bond donors (Lipinski definition) is 4. The van der Waals surface area contributed by atoms with Crippen LogP contribution in [0.2, 0.25) is 0 Å². The third-order valence-electron chi connectivity index (χ3n) is 8.54. The summed E-state index contributed by atoms with van der Waals surface area (Å²) in [5.41, 5.74) is 0. The van der Waals surface area contributed by atoms with Crippen LogP contribution in [0.5, 0.6) is 0 Å². The molecule has 1 fully saturated rings. The van der Waals surface area contributed by atoms with Gasteiger partial charge in [-0.1, -0.05) is 123 Å². The second-order valence-electron chi connectivity index (χ2n) is 12.5. The predicted molar refractivity (Wildman–Crippen MR) is 167 cm³/mol. The molecule has 1 aliphatic heterocycles. The highest BCUT2D eigenvalue weighted by Crippen LogP contribution is 2.26. The van der Waals surface area contributed by atoms with Crippen molar-refractivity contribution in [2.45, 2.75) is 205 Å². The first-order valence-electron chi connectivity index (χ1n) is 17.5. The number of hydrogen-bond acceptors (Lipinski definition) is 8. The Kier molecular flexibility index (Phi) is 23.9. The number of carbonyl (C=O) groups is 1. The topological polar surface area (TPSA) is 126 Å². The molecule has 7 atom stereocenters. The molecule has 0 aromatic rings. The molecule has 8 nitrogen and oxygen atoms in total. The number of rotatable bonds is 27. The molecule has 1 aliphatic rings. The van der Waals surface area contributed by atoms with Crippen molar-refractivity contribution in [3.05, 3.63) is 0 Å². The summed E-state index contributed by atoms with van der Waals surface area (Å²) in [4.78, 5) is 13.0. The Morgan fingerprint density at radius 3 is 1.57 bits per heavy atom. The fraction of sp³-hybridized carbons (Fsp3) is 0.971. The minimum atomic E-state index is -1.41. The van der Waals surface area contributed by atoms with E-state index in [-0.39, 0.29) is 25.1 Å². The molecule has 1 saturated heterocycles. The summed E-state index contributed by atoms with van der Waals surface area (Å²) in [6.07, 6.45) is 16.6. The van der Waals surface area contributed by atoms with E-state index in [1.807, 2.05) is 0 Å². The van der Waals surface area contributed by atoms with Crippen molar-refractivity contribution in [2.24, 2.45) is 0 Å². The lowest BCUT2D eigenvalue weighted by atomic mass is 9.99. The number of aliphatic hydroxyl groups excluding tert-OH is 4. The maximum absolute atomic E-state index is 13.0. The first kappa shape index (κ1) is 39.3. The minimum absolute atomic E-state index is 0.0102. The maximum Gasteiger partial charge on any atom is 0.308 e. The van der Waals surface area contributed by atoms with Gasteiger partial charge in [-0.3, -0.25) is 4.79 Å². The molecule has 0 aromatic carbocycles. The van der Waals surface area contributed by atoms with Crippen LogP contribution in [0.3, 0.4) is 0 Å². The molecule has 4 N–H and O–H groups in total. The van der Waals surface area contributed by atoms with Gasteiger partial charge >= 0.3 is 5.97 Å². The summed E-state index contributed by atoms with van der Waals surface area (Å²) in [5.74, 6) is -0.385. The molecule has 1 heterocycles. The molecule has 8 heteroatoms. The van der Waals surface area contributed by atoms with E-state index in [0.29, 0.717) is 12.8 Å². The molecule has 0 aromatic heterocycles. The van der Waals surface area contributed by atoms with Gasteiger partial charge in [0.05, 0.1) is 18.6 Å². The normalized spacial score (nSPS) is 24.0. The molecule has 0 bridgehead atoms. The fourth-order valence-corrected chi connectivity index (χ4v) is 5.73. The van der Waals surface area contributed by atoms with Gasteiger partial charge in [0.1, 0.15) is 24.4 Å². The Morgan fingerprint density at radius 1 is 0.643 bits per heavy atom. The molecule has 1 rings (SSSR count). The Labute approximate surface area is 256 Å². The molecule has 0 saturated carbocycles. The molecule has 0 amide bonds. The second kappa shape index (κ2) is 25.5. The monoisotopic (exact) mass is 602 g/mol. The minimum Gasteiger partial charge on any atom is -0.462 e. The Morgan fingerprint density at radius 2 is 1.10 bits per heavy atom. The first-order chi connectivity index (χ1) is 20.3. The Bertz CT molecular complexity index is 633. The second-order valence-corrected chi connectivity index (χ2v) is 12.5. The van der Waals surface area contributed by atoms with E-state index < -0.39 is 36.8 Å². The molecule has 0 aliphatic carbocycles. The van der Waals surface area contributed by atoms with Crippen molar-refractivity contribution in [3.8, 4) is 0 Å². The molecule has 0 unspecified atom stereocenters. The van der Waals surface area contributed by atoms with E-state index in [1.165, 1.54) is 83.5 Å². The van der Waals surface area contributed by atoms with Crippen molar-refractivity contribution < 1.29 is 39.4 Å². The maximum atomic E-state index is 13.0. The van der Waals surface area contributed by atoms with Gasteiger partial charge in [0.15, 0.2) is 6.29 Å². The van der Waals surface area contributed by atoms with Crippen LogP contribution in [0.25, 0.3) is 0 Å². The highest BCUT2D eigenvalue weighted by atomic mass is 16.7. The summed E-state index contributed by atoms with van der Waals surface area (Å²) in [5, 5.41) is 40.2. The summed E-state index contributed by atoms with van der Waals surface area (Å²) in [6, 6.07) is 0. The number of carbonyl (C=O) groups excluding carboxylic acids is 1. The van der Waals surface area contributed by atoms with Crippen LogP contribution >= 0.6 is 0 Å². The van der Waals surface area contributed by atoms with E-state index in [2.05, 4.69) is 13.8 Å². The van der Waals surface area contributed by atoms with Crippen molar-refractivity contribution in [1.29, 1.82) is 0 Å². The lowest BCUT2D eigenvalue weighted by molar-refractivity contribution is -0.304. The zero-order valence-corrected chi connectivity index (χ0v) is 27.2. The highest BCUT2D eigenvalue weighted by molar-refractivity contribution is 5.70. The van der Waals surface area contributed by atoms with Crippen LogP contribution in [-0.4, -0.2) is 75.9 Å². The summed E-state index contributed by atoms with van der Waals surface area (Å²) in [6.45, 7) is 6.04. The SMILES string of the molecule is CCCCCCCCCCC[C@H](CCO)OC(=O)C[C@@H](CCCCCCCCCCC)O[C@@H]1O[C@@H](C)[C@H](O)[C@@H](O)[C@H]1O. The van der Waals surface area contributed by atoms with E-state index in [0.717, 1.165) is 38.5 Å². The zero-order chi connectivity index (χ0) is 31.0. The lowest BCUT2D eigenvalue weighted by Crippen LogP contribution is -2.58. The third-order valence-corrected chi connectivity index (χ3v) is 8.54. The number of esters is 1. The van der Waals surface area contributed by atoms with E-state index in [1.54, 1.807) is 6.92 Å². The van der Waals surface area contributed by atoms with Crippen LogP contribution in [0, 0.1) is 0 Å². The number of aliphatic hydroxyl groups is 4.